The molecule has 0 unspecified atom stereocenters. The highest BCUT2D eigenvalue weighted by molar-refractivity contribution is 5.36. The number of hydrogen-bond acceptors (Lipinski definition) is 4. The standard InChI is InChI=1S/C13H17N3O2/c1-9-4-5-12(11(6-9)7-17)18-8-13-15-14-10(2)16(13)3/h4-6,17H,7-8H2,1-3H3. The lowest BCUT2D eigenvalue weighted by atomic mass is 10.1. The molecule has 5 nitrogen and oxygen atoms in total. The monoisotopic (exact) mass is 247 g/mol. The smallest absolute Gasteiger partial charge is 0.170 e. The average Bonchev–Trinajstić information content (AvgIpc) is 2.68. The molecule has 0 spiro atoms. The van der Waals surface area contributed by atoms with Crippen molar-refractivity contribution in [3.63, 3.8) is 0 Å². The van der Waals surface area contributed by atoms with Gasteiger partial charge in [0.15, 0.2) is 5.82 Å². The maximum absolute atomic E-state index is 9.29. The maximum atomic E-state index is 9.29. The summed E-state index contributed by atoms with van der Waals surface area (Å²) in [7, 11) is 1.90. The minimum Gasteiger partial charge on any atom is -0.485 e. The van der Waals surface area contributed by atoms with E-state index in [1.807, 2.05) is 43.7 Å². The molecule has 0 bridgehead atoms. The zero-order chi connectivity index (χ0) is 13.1. The first-order valence-corrected chi connectivity index (χ1v) is 5.80. The number of benzene rings is 1. The number of rotatable bonds is 4. The van der Waals surface area contributed by atoms with Crippen LogP contribution in [-0.2, 0) is 20.3 Å². The van der Waals surface area contributed by atoms with Crippen molar-refractivity contribution in [1.29, 1.82) is 0 Å². The first-order valence-electron chi connectivity index (χ1n) is 5.80. The third kappa shape index (κ3) is 2.51. The molecule has 0 aliphatic carbocycles. The lowest BCUT2D eigenvalue weighted by Gasteiger charge is -2.10. The van der Waals surface area contributed by atoms with E-state index in [1.54, 1.807) is 0 Å². The Morgan fingerprint density at radius 3 is 2.67 bits per heavy atom. The van der Waals surface area contributed by atoms with Crippen molar-refractivity contribution < 1.29 is 9.84 Å². The van der Waals surface area contributed by atoms with Crippen LogP contribution in [0, 0.1) is 13.8 Å². The van der Waals surface area contributed by atoms with Gasteiger partial charge >= 0.3 is 0 Å². The van der Waals surface area contributed by atoms with Crippen LogP contribution in [0.15, 0.2) is 18.2 Å². The van der Waals surface area contributed by atoms with E-state index in [1.165, 1.54) is 0 Å². The molecule has 0 radical (unpaired) electrons. The van der Waals surface area contributed by atoms with Crippen molar-refractivity contribution in [2.24, 2.45) is 7.05 Å². The Morgan fingerprint density at radius 2 is 2.06 bits per heavy atom. The molecule has 1 aromatic heterocycles. The maximum Gasteiger partial charge on any atom is 0.170 e. The van der Waals surface area contributed by atoms with Crippen molar-refractivity contribution in [2.75, 3.05) is 0 Å². The highest BCUT2D eigenvalue weighted by atomic mass is 16.5. The highest BCUT2D eigenvalue weighted by Crippen LogP contribution is 2.20. The van der Waals surface area contributed by atoms with Crippen molar-refractivity contribution in [2.45, 2.75) is 27.1 Å². The predicted octanol–water partition coefficient (Wildman–Crippen LogP) is 1.50. The van der Waals surface area contributed by atoms with Crippen LogP contribution in [0.4, 0.5) is 0 Å². The summed E-state index contributed by atoms with van der Waals surface area (Å²) in [4.78, 5) is 0. The van der Waals surface area contributed by atoms with Gasteiger partial charge in [0, 0.05) is 12.6 Å². The molecule has 5 heteroatoms. The van der Waals surface area contributed by atoms with Crippen molar-refractivity contribution in [1.82, 2.24) is 14.8 Å². The van der Waals surface area contributed by atoms with Gasteiger partial charge in [-0.2, -0.15) is 0 Å². The van der Waals surface area contributed by atoms with Crippen LogP contribution in [0.25, 0.3) is 0 Å². The molecule has 2 rings (SSSR count). The van der Waals surface area contributed by atoms with E-state index in [0.29, 0.717) is 12.4 Å². The number of hydrogen-bond donors (Lipinski definition) is 1. The van der Waals surface area contributed by atoms with Gasteiger partial charge in [-0.3, -0.25) is 0 Å². The van der Waals surface area contributed by atoms with E-state index >= 15 is 0 Å². The molecule has 1 heterocycles. The van der Waals surface area contributed by atoms with Gasteiger partial charge < -0.3 is 14.4 Å². The summed E-state index contributed by atoms with van der Waals surface area (Å²) in [5.41, 5.74) is 1.88. The van der Waals surface area contributed by atoms with E-state index in [-0.39, 0.29) is 6.61 Å². The topological polar surface area (TPSA) is 60.2 Å². The fourth-order valence-corrected chi connectivity index (χ4v) is 1.69. The second-order valence-electron chi connectivity index (χ2n) is 4.28. The number of aryl methyl sites for hydroxylation is 2. The Labute approximate surface area is 106 Å². The highest BCUT2D eigenvalue weighted by Gasteiger charge is 2.08. The van der Waals surface area contributed by atoms with E-state index in [4.69, 9.17) is 4.74 Å². The zero-order valence-electron chi connectivity index (χ0n) is 10.8. The number of aliphatic hydroxyl groups is 1. The second-order valence-corrected chi connectivity index (χ2v) is 4.28. The molecule has 96 valence electrons. The van der Waals surface area contributed by atoms with Crippen LogP contribution < -0.4 is 4.74 Å². The van der Waals surface area contributed by atoms with E-state index in [0.717, 1.165) is 22.8 Å². The van der Waals surface area contributed by atoms with Crippen LogP contribution in [0.3, 0.4) is 0 Å². The minimum atomic E-state index is -0.0329. The van der Waals surface area contributed by atoms with Gasteiger partial charge in [0.2, 0.25) is 0 Å². The summed E-state index contributed by atoms with van der Waals surface area (Å²) >= 11 is 0. The molecule has 0 fully saturated rings. The molecule has 0 saturated heterocycles. The lowest BCUT2D eigenvalue weighted by Crippen LogP contribution is -2.05. The molecule has 1 N–H and O–H groups in total. The van der Waals surface area contributed by atoms with Gasteiger partial charge in [0.05, 0.1) is 6.61 Å². The van der Waals surface area contributed by atoms with Crippen LogP contribution in [-0.4, -0.2) is 19.9 Å². The molecule has 0 saturated carbocycles. The van der Waals surface area contributed by atoms with Crippen LogP contribution >= 0.6 is 0 Å². The number of aliphatic hydroxyl groups excluding tert-OH is 1. The number of nitrogens with zero attached hydrogens (tertiary/aromatic N) is 3. The molecule has 0 atom stereocenters. The van der Waals surface area contributed by atoms with Crippen LogP contribution in [0.1, 0.15) is 22.8 Å². The first kappa shape index (κ1) is 12.6. The second kappa shape index (κ2) is 5.18. The van der Waals surface area contributed by atoms with Gasteiger partial charge in [-0.1, -0.05) is 17.7 Å². The fourth-order valence-electron chi connectivity index (χ4n) is 1.69. The molecular weight excluding hydrogens is 230 g/mol. The fraction of sp³-hybridized carbons (Fsp3) is 0.385. The number of ether oxygens (including phenoxy) is 1. The molecule has 0 aliphatic rings. The summed E-state index contributed by atoms with van der Waals surface area (Å²) < 4.78 is 7.56. The molecular formula is C13H17N3O2. The average molecular weight is 247 g/mol. The molecule has 0 amide bonds. The van der Waals surface area contributed by atoms with Crippen LogP contribution in [0.5, 0.6) is 5.75 Å². The van der Waals surface area contributed by atoms with E-state index < -0.39 is 0 Å². The van der Waals surface area contributed by atoms with Gasteiger partial charge in [-0.25, -0.2) is 0 Å². The summed E-state index contributed by atoms with van der Waals surface area (Å²) in [5.74, 6) is 2.29. The largest absolute Gasteiger partial charge is 0.485 e. The Balaban J connectivity index is 2.13. The molecule has 1 aromatic carbocycles. The van der Waals surface area contributed by atoms with Gasteiger partial charge in [-0.15, -0.1) is 10.2 Å². The molecule has 2 aromatic rings. The summed E-state index contributed by atoms with van der Waals surface area (Å²) in [6.07, 6.45) is 0. The van der Waals surface area contributed by atoms with Gasteiger partial charge in [-0.05, 0) is 19.9 Å². The Morgan fingerprint density at radius 1 is 1.28 bits per heavy atom. The zero-order valence-corrected chi connectivity index (χ0v) is 10.8. The normalized spacial score (nSPS) is 10.7. The summed E-state index contributed by atoms with van der Waals surface area (Å²) in [6.45, 7) is 4.18. The lowest BCUT2D eigenvalue weighted by molar-refractivity contribution is 0.254. The Bertz CT molecular complexity index is 549. The SMILES string of the molecule is Cc1ccc(OCc2nnc(C)n2C)c(CO)c1. The third-order valence-electron chi connectivity index (χ3n) is 2.93. The van der Waals surface area contributed by atoms with Crippen LogP contribution in [0.2, 0.25) is 0 Å². The van der Waals surface area contributed by atoms with E-state index in [9.17, 15) is 5.11 Å². The molecule has 18 heavy (non-hydrogen) atoms. The number of aromatic nitrogens is 3. The summed E-state index contributed by atoms with van der Waals surface area (Å²) in [5, 5.41) is 17.3. The van der Waals surface area contributed by atoms with Crippen molar-refractivity contribution in [3.05, 3.63) is 41.0 Å². The third-order valence-corrected chi connectivity index (χ3v) is 2.93. The van der Waals surface area contributed by atoms with Crippen molar-refractivity contribution in [3.8, 4) is 5.75 Å². The predicted molar refractivity (Wildman–Crippen MR) is 67.2 cm³/mol. The van der Waals surface area contributed by atoms with Crippen molar-refractivity contribution >= 4 is 0 Å². The molecule has 0 aliphatic heterocycles. The first-order chi connectivity index (χ1) is 8.61. The van der Waals surface area contributed by atoms with Gasteiger partial charge in [0.1, 0.15) is 18.2 Å². The Hall–Kier alpha value is -1.88. The quantitative estimate of drug-likeness (QED) is 0.889. The Kier molecular flexibility index (Phi) is 3.62. The summed E-state index contributed by atoms with van der Waals surface area (Å²) in [6, 6.07) is 5.73. The van der Waals surface area contributed by atoms with E-state index in [2.05, 4.69) is 10.2 Å². The van der Waals surface area contributed by atoms with Gasteiger partial charge in [0.25, 0.3) is 0 Å². The minimum absolute atomic E-state index is 0.0329.